The van der Waals surface area contributed by atoms with Gasteiger partial charge < -0.3 is 10.1 Å². The van der Waals surface area contributed by atoms with E-state index in [-0.39, 0.29) is 11.8 Å². The largest absolute Gasteiger partial charge is 0.493 e. The second-order valence-corrected chi connectivity index (χ2v) is 5.43. The van der Waals surface area contributed by atoms with Gasteiger partial charge in [0.1, 0.15) is 5.75 Å². The second-order valence-electron chi connectivity index (χ2n) is 5.43. The standard InChI is InChI=1S/C16H19N3O2/c1-10-16(11(2)19-18-10)17-15(20)9-12-7-8-21-14-6-4-3-5-13(12)14/h3-6,12H,7-9H2,1-2H3,(H,17,20)(H,18,19). The summed E-state index contributed by atoms with van der Waals surface area (Å²) >= 11 is 0. The van der Waals surface area contributed by atoms with E-state index >= 15 is 0 Å². The SMILES string of the molecule is Cc1n[nH]c(C)c1NC(=O)CC1CCOc2ccccc21. The minimum Gasteiger partial charge on any atom is -0.493 e. The van der Waals surface area contributed by atoms with Gasteiger partial charge in [-0.2, -0.15) is 5.10 Å². The van der Waals surface area contributed by atoms with Gasteiger partial charge in [-0.3, -0.25) is 9.89 Å². The molecule has 110 valence electrons. The first-order chi connectivity index (χ1) is 10.1. The number of hydrogen-bond acceptors (Lipinski definition) is 3. The lowest BCUT2D eigenvalue weighted by Crippen LogP contribution is -2.21. The zero-order chi connectivity index (χ0) is 14.8. The van der Waals surface area contributed by atoms with Crippen LogP contribution >= 0.6 is 0 Å². The summed E-state index contributed by atoms with van der Waals surface area (Å²) in [5.41, 5.74) is 3.61. The van der Waals surface area contributed by atoms with Crippen molar-refractivity contribution in [3.05, 3.63) is 41.2 Å². The lowest BCUT2D eigenvalue weighted by atomic mass is 9.90. The topological polar surface area (TPSA) is 67.0 Å². The number of anilines is 1. The molecule has 1 unspecified atom stereocenters. The minimum atomic E-state index is 0.0179. The average Bonchev–Trinajstić information content (AvgIpc) is 2.79. The quantitative estimate of drug-likeness (QED) is 0.911. The van der Waals surface area contributed by atoms with Gasteiger partial charge in [0.05, 0.1) is 23.7 Å². The van der Waals surface area contributed by atoms with Gasteiger partial charge in [-0.15, -0.1) is 0 Å². The number of ether oxygens (including phenoxy) is 1. The number of nitrogens with one attached hydrogen (secondary N) is 2. The zero-order valence-electron chi connectivity index (χ0n) is 12.3. The van der Waals surface area contributed by atoms with Crippen molar-refractivity contribution in [1.29, 1.82) is 0 Å². The summed E-state index contributed by atoms with van der Waals surface area (Å²) in [4.78, 5) is 12.3. The van der Waals surface area contributed by atoms with Crippen molar-refractivity contribution >= 4 is 11.6 Å². The molecule has 2 heterocycles. The molecule has 1 aromatic carbocycles. The van der Waals surface area contributed by atoms with Crippen molar-refractivity contribution in [2.75, 3.05) is 11.9 Å². The van der Waals surface area contributed by atoms with Gasteiger partial charge in [-0.1, -0.05) is 18.2 Å². The summed E-state index contributed by atoms with van der Waals surface area (Å²) in [7, 11) is 0. The summed E-state index contributed by atoms with van der Waals surface area (Å²) in [5, 5.41) is 9.93. The van der Waals surface area contributed by atoms with Crippen LogP contribution in [0, 0.1) is 13.8 Å². The summed E-state index contributed by atoms with van der Waals surface area (Å²) in [6.45, 7) is 4.45. The van der Waals surface area contributed by atoms with Crippen molar-refractivity contribution in [2.45, 2.75) is 32.6 Å². The highest BCUT2D eigenvalue weighted by Gasteiger charge is 2.24. The lowest BCUT2D eigenvalue weighted by Gasteiger charge is -2.25. The maximum absolute atomic E-state index is 12.3. The van der Waals surface area contributed by atoms with Crippen LogP contribution in [-0.4, -0.2) is 22.7 Å². The first-order valence-corrected chi connectivity index (χ1v) is 7.18. The Kier molecular flexibility index (Phi) is 3.64. The number of para-hydroxylation sites is 1. The van der Waals surface area contributed by atoms with E-state index in [0.29, 0.717) is 13.0 Å². The second kappa shape index (κ2) is 5.60. The molecule has 21 heavy (non-hydrogen) atoms. The fourth-order valence-electron chi connectivity index (χ4n) is 2.78. The molecule has 0 radical (unpaired) electrons. The molecule has 0 aliphatic carbocycles. The molecule has 0 fully saturated rings. The first kappa shape index (κ1) is 13.7. The van der Waals surface area contributed by atoms with Gasteiger partial charge in [-0.25, -0.2) is 0 Å². The van der Waals surface area contributed by atoms with Crippen LogP contribution in [0.3, 0.4) is 0 Å². The fourth-order valence-corrected chi connectivity index (χ4v) is 2.78. The monoisotopic (exact) mass is 285 g/mol. The van der Waals surface area contributed by atoms with E-state index in [4.69, 9.17) is 4.74 Å². The zero-order valence-corrected chi connectivity index (χ0v) is 12.3. The molecule has 0 bridgehead atoms. The Morgan fingerprint density at radius 3 is 3.00 bits per heavy atom. The number of nitrogens with zero attached hydrogens (tertiary/aromatic N) is 1. The number of H-pyrrole nitrogens is 1. The molecule has 2 N–H and O–H groups in total. The van der Waals surface area contributed by atoms with E-state index in [1.54, 1.807) is 0 Å². The number of amides is 1. The molecule has 5 heteroatoms. The highest BCUT2D eigenvalue weighted by Crippen LogP contribution is 2.35. The third kappa shape index (κ3) is 2.77. The molecule has 5 nitrogen and oxygen atoms in total. The maximum atomic E-state index is 12.3. The molecule has 1 amide bonds. The van der Waals surface area contributed by atoms with Gasteiger partial charge in [0, 0.05) is 6.42 Å². The van der Waals surface area contributed by atoms with Crippen LogP contribution in [0.1, 0.15) is 35.7 Å². The molecule has 0 saturated heterocycles. The Labute approximate surface area is 123 Å². The Morgan fingerprint density at radius 1 is 1.43 bits per heavy atom. The van der Waals surface area contributed by atoms with Crippen LogP contribution in [0.2, 0.25) is 0 Å². The van der Waals surface area contributed by atoms with Crippen molar-refractivity contribution in [3.63, 3.8) is 0 Å². The number of aromatic nitrogens is 2. The van der Waals surface area contributed by atoms with Crippen molar-refractivity contribution in [3.8, 4) is 5.75 Å². The summed E-state index contributed by atoms with van der Waals surface area (Å²) < 4.78 is 5.63. The summed E-state index contributed by atoms with van der Waals surface area (Å²) in [6.07, 6.45) is 1.33. The Morgan fingerprint density at radius 2 is 2.24 bits per heavy atom. The first-order valence-electron chi connectivity index (χ1n) is 7.18. The van der Waals surface area contributed by atoms with Crippen LogP contribution in [0.5, 0.6) is 5.75 Å². The number of fused-ring (bicyclic) bond motifs is 1. The molecule has 1 aliphatic heterocycles. The minimum absolute atomic E-state index is 0.0179. The van der Waals surface area contributed by atoms with Gasteiger partial charge in [0.2, 0.25) is 5.91 Å². The van der Waals surface area contributed by atoms with Crippen molar-refractivity contribution in [2.24, 2.45) is 0 Å². The van der Waals surface area contributed by atoms with Crippen LogP contribution < -0.4 is 10.1 Å². The molecule has 0 saturated carbocycles. The van der Waals surface area contributed by atoms with Crippen LogP contribution in [0.25, 0.3) is 0 Å². The van der Waals surface area contributed by atoms with Crippen LogP contribution in [0.4, 0.5) is 5.69 Å². The van der Waals surface area contributed by atoms with Gasteiger partial charge in [0.25, 0.3) is 0 Å². The van der Waals surface area contributed by atoms with Crippen LogP contribution in [0.15, 0.2) is 24.3 Å². The molecular formula is C16H19N3O2. The van der Waals surface area contributed by atoms with Crippen molar-refractivity contribution in [1.82, 2.24) is 10.2 Å². The summed E-state index contributed by atoms with van der Waals surface area (Å²) in [6, 6.07) is 7.95. The maximum Gasteiger partial charge on any atom is 0.225 e. The van der Waals surface area contributed by atoms with E-state index in [1.165, 1.54) is 0 Å². The summed E-state index contributed by atoms with van der Waals surface area (Å²) in [5.74, 6) is 1.13. The number of benzene rings is 1. The van der Waals surface area contributed by atoms with Crippen molar-refractivity contribution < 1.29 is 9.53 Å². The molecule has 3 rings (SSSR count). The predicted molar refractivity (Wildman–Crippen MR) is 80.6 cm³/mol. The number of carbonyl (C=O) groups is 1. The molecule has 1 aromatic heterocycles. The fraction of sp³-hybridized carbons (Fsp3) is 0.375. The Hall–Kier alpha value is -2.30. The third-order valence-corrected chi connectivity index (χ3v) is 3.91. The normalized spacial score (nSPS) is 17.0. The molecule has 2 aromatic rings. The molecule has 1 aliphatic rings. The van der Waals surface area contributed by atoms with E-state index in [2.05, 4.69) is 15.5 Å². The Balaban J connectivity index is 1.72. The molecule has 1 atom stereocenters. The highest BCUT2D eigenvalue weighted by atomic mass is 16.5. The third-order valence-electron chi connectivity index (χ3n) is 3.91. The molecular weight excluding hydrogens is 266 g/mol. The number of rotatable bonds is 3. The number of hydrogen-bond donors (Lipinski definition) is 2. The lowest BCUT2D eigenvalue weighted by molar-refractivity contribution is -0.116. The molecule has 0 spiro atoms. The predicted octanol–water partition coefficient (Wildman–Crippen LogP) is 2.92. The van der Waals surface area contributed by atoms with E-state index in [0.717, 1.165) is 34.8 Å². The van der Waals surface area contributed by atoms with Gasteiger partial charge >= 0.3 is 0 Å². The van der Waals surface area contributed by atoms with E-state index in [9.17, 15) is 4.79 Å². The number of aromatic amines is 1. The van der Waals surface area contributed by atoms with Gasteiger partial charge in [-0.05, 0) is 37.8 Å². The van der Waals surface area contributed by atoms with E-state index < -0.39 is 0 Å². The highest BCUT2D eigenvalue weighted by molar-refractivity contribution is 5.92. The van der Waals surface area contributed by atoms with Gasteiger partial charge in [0.15, 0.2) is 0 Å². The number of carbonyl (C=O) groups excluding carboxylic acids is 1. The van der Waals surface area contributed by atoms with E-state index in [1.807, 2.05) is 38.1 Å². The smallest absolute Gasteiger partial charge is 0.225 e. The average molecular weight is 285 g/mol. The Bertz CT molecular complexity index is 644. The number of aryl methyl sites for hydroxylation is 2. The van der Waals surface area contributed by atoms with Crippen LogP contribution in [-0.2, 0) is 4.79 Å².